The molecule has 2 N–H and O–H groups in total. The molecule has 0 aliphatic carbocycles. The molecule has 0 fully saturated rings. The Balaban J connectivity index is 1.88. The van der Waals surface area contributed by atoms with E-state index >= 15 is 0 Å². The minimum absolute atomic E-state index is 0.129. The maximum Gasteiger partial charge on any atom is 0.244 e. The number of rotatable bonds is 9. The van der Waals surface area contributed by atoms with Crippen LogP contribution in [0.2, 0.25) is 0 Å². The molecule has 7 heteroatoms. The Morgan fingerprint density at radius 3 is 2.66 bits per heavy atom. The SMILES string of the molecule is C=CCOc1ccc(/C=C/C(=O)NCC(=O)Nc2ccc(Br)cc2C)cc1OC. The fraction of sp³-hybridized carbons (Fsp3) is 0.182. The predicted octanol–water partition coefficient (Wildman–Crippen LogP) is 4.10. The summed E-state index contributed by atoms with van der Waals surface area (Å²) in [6.07, 6.45) is 4.63. The first-order chi connectivity index (χ1) is 13.9. The van der Waals surface area contributed by atoms with Crippen LogP contribution in [0.25, 0.3) is 6.08 Å². The van der Waals surface area contributed by atoms with Crippen molar-refractivity contribution in [2.24, 2.45) is 0 Å². The van der Waals surface area contributed by atoms with Gasteiger partial charge in [0.15, 0.2) is 11.5 Å². The van der Waals surface area contributed by atoms with E-state index in [-0.39, 0.29) is 18.4 Å². The third-order valence-corrected chi connectivity index (χ3v) is 4.35. The quantitative estimate of drug-likeness (QED) is 0.438. The number of amides is 2. The first kappa shape index (κ1) is 22.2. The fourth-order valence-corrected chi connectivity index (χ4v) is 2.89. The monoisotopic (exact) mass is 458 g/mol. The molecule has 0 saturated carbocycles. The van der Waals surface area contributed by atoms with Gasteiger partial charge in [-0.1, -0.05) is 34.7 Å². The number of carbonyl (C=O) groups excluding carboxylic acids is 2. The lowest BCUT2D eigenvalue weighted by molar-refractivity contribution is -0.121. The van der Waals surface area contributed by atoms with Gasteiger partial charge in [0.05, 0.1) is 13.7 Å². The standard InChI is InChI=1S/C22H23BrN2O4/c1-4-11-29-19-9-5-16(13-20(19)28-3)6-10-21(26)24-14-22(27)25-18-8-7-17(23)12-15(18)2/h4-10,12-13H,1,11,14H2,2-3H3,(H,24,26)(H,25,27)/b10-6+. The number of benzene rings is 2. The Morgan fingerprint density at radius 1 is 1.17 bits per heavy atom. The van der Waals surface area contributed by atoms with Crippen molar-refractivity contribution in [1.29, 1.82) is 0 Å². The number of hydrogen-bond donors (Lipinski definition) is 2. The van der Waals surface area contributed by atoms with Gasteiger partial charge in [-0.05, 0) is 54.5 Å². The van der Waals surface area contributed by atoms with Crippen molar-refractivity contribution >= 4 is 39.5 Å². The molecule has 2 amide bonds. The van der Waals surface area contributed by atoms with Gasteiger partial charge in [-0.15, -0.1) is 0 Å². The van der Waals surface area contributed by atoms with Crippen molar-refractivity contribution in [1.82, 2.24) is 5.32 Å². The second kappa shape index (κ2) is 11.1. The van der Waals surface area contributed by atoms with Crippen LogP contribution in [-0.4, -0.2) is 32.1 Å². The lowest BCUT2D eigenvalue weighted by Crippen LogP contribution is -2.31. The molecule has 0 aromatic heterocycles. The molecule has 2 aromatic rings. The number of methoxy groups -OCH3 is 1. The predicted molar refractivity (Wildman–Crippen MR) is 118 cm³/mol. The van der Waals surface area contributed by atoms with E-state index in [9.17, 15) is 9.59 Å². The lowest BCUT2D eigenvalue weighted by atomic mass is 10.2. The molecule has 152 valence electrons. The summed E-state index contributed by atoms with van der Waals surface area (Å²) in [7, 11) is 1.54. The number of hydrogen-bond acceptors (Lipinski definition) is 4. The zero-order valence-electron chi connectivity index (χ0n) is 16.3. The van der Waals surface area contributed by atoms with Crippen LogP contribution in [0.15, 0.2) is 59.6 Å². The first-order valence-corrected chi connectivity index (χ1v) is 9.66. The topological polar surface area (TPSA) is 76.7 Å². The minimum atomic E-state index is -0.376. The number of anilines is 1. The first-order valence-electron chi connectivity index (χ1n) is 8.86. The third-order valence-electron chi connectivity index (χ3n) is 3.86. The van der Waals surface area contributed by atoms with E-state index in [0.717, 1.165) is 15.6 Å². The summed E-state index contributed by atoms with van der Waals surface area (Å²) < 4.78 is 11.7. The van der Waals surface area contributed by atoms with Crippen molar-refractivity contribution in [3.8, 4) is 11.5 Å². The molecule has 0 saturated heterocycles. The van der Waals surface area contributed by atoms with Crippen LogP contribution in [0.4, 0.5) is 5.69 Å². The third kappa shape index (κ3) is 7.12. The summed E-state index contributed by atoms with van der Waals surface area (Å²) in [6, 6.07) is 10.9. The van der Waals surface area contributed by atoms with Crippen LogP contribution in [0.5, 0.6) is 11.5 Å². The molecule has 2 rings (SSSR count). The highest BCUT2D eigenvalue weighted by Gasteiger charge is 2.07. The van der Waals surface area contributed by atoms with Gasteiger partial charge in [0, 0.05) is 16.2 Å². The molecular formula is C22H23BrN2O4. The molecule has 0 aliphatic heterocycles. The number of aryl methyl sites for hydroxylation is 1. The molecule has 6 nitrogen and oxygen atoms in total. The molecule has 29 heavy (non-hydrogen) atoms. The Kier molecular flexibility index (Phi) is 8.48. The highest BCUT2D eigenvalue weighted by molar-refractivity contribution is 9.10. The van der Waals surface area contributed by atoms with E-state index in [0.29, 0.717) is 23.8 Å². The van der Waals surface area contributed by atoms with E-state index in [2.05, 4.69) is 33.1 Å². The average Bonchev–Trinajstić information content (AvgIpc) is 2.71. The van der Waals surface area contributed by atoms with Crippen molar-refractivity contribution in [3.63, 3.8) is 0 Å². The fourth-order valence-electron chi connectivity index (χ4n) is 2.42. The Hall–Kier alpha value is -3.06. The van der Waals surface area contributed by atoms with Gasteiger partial charge >= 0.3 is 0 Å². The molecule has 0 aliphatic rings. The highest BCUT2D eigenvalue weighted by Crippen LogP contribution is 2.28. The van der Waals surface area contributed by atoms with Crippen molar-refractivity contribution < 1.29 is 19.1 Å². The smallest absolute Gasteiger partial charge is 0.244 e. The number of nitrogens with one attached hydrogen (secondary N) is 2. The molecular weight excluding hydrogens is 436 g/mol. The van der Waals surface area contributed by atoms with Crippen molar-refractivity contribution in [2.75, 3.05) is 25.6 Å². The average molecular weight is 459 g/mol. The van der Waals surface area contributed by atoms with E-state index in [1.54, 1.807) is 43.5 Å². The van der Waals surface area contributed by atoms with Crippen LogP contribution in [0.1, 0.15) is 11.1 Å². The van der Waals surface area contributed by atoms with Crippen molar-refractivity contribution in [2.45, 2.75) is 6.92 Å². The summed E-state index contributed by atoms with van der Waals surface area (Å²) in [5.74, 6) is 0.466. The van der Waals surface area contributed by atoms with Gasteiger partial charge in [0.25, 0.3) is 0 Å². The zero-order chi connectivity index (χ0) is 21.2. The second-order valence-electron chi connectivity index (χ2n) is 6.07. The number of carbonyl (C=O) groups is 2. The molecule has 0 unspecified atom stereocenters. The summed E-state index contributed by atoms with van der Waals surface area (Å²) in [4.78, 5) is 24.0. The number of halogens is 1. The van der Waals surface area contributed by atoms with Gasteiger partial charge in [0.1, 0.15) is 6.61 Å². The molecule has 0 radical (unpaired) electrons. The summed E-state index contributed by atoms with van der Waals surface area (Å²) in [6.45, 7) is 5.74. The lowest BCUT2D eigenvalue weighted by Gasteiger charge is -2.10. The maximum absolute atomic E-state index is 12.0. The zero-order valence-corrected chi connectivity index (χ0v) is 17.9. The van der Waals surface area contributed by atoms with Crippen LogP contribution in [-0.2, 0) is 9.59 Å². The van der Waals surface area contributed by atoms with Gasteiger partial charge < -0.3 is 20.1 Å². The summed E-state index contributed by atoms with van der Waals surface area (Å²) >= 11 is 3.38. The number of ether oxygens (including phenoxy) is 2. The van der Waals surface area contributed by atoms with E-state index in [1.807, 2.05) is 19.1 Å². The molecule has 0 atom stereocenters. The van der Waals surface area contributed by atoms with Crippen LogP contribution >= 0.6 is 15.9 Å². The largest absolute Gasteiger partial charge is 0.493 e. The molecule has 0 spiro atoms. The maximum atomic E-state index is 12.0. The molecule has 2 aromatic carbocycles. The van der Waals surface area contributed by atoms with Gasteiger partial charge in [-0.25, -0.2) is 0 Å². The molecule has 0 heterocycles. The van der Waals surface area contributed by atoms with E-state index in [4.69, 9.17) is 9.47 Å². The van der Waals surface area contributed by atoms with Crippen LogP contribution in [0.3, 0.4) is 0 Å². The second-order valence-corrected chi connectivity index (χ2v) is 6.98. The molecule has 0 bridgehead atoms. The Morgan fingerprint density at radius 2 is 1.97 bits per heavy atom. The van der Waals surface area contributed by atoms with Crippen LogP contribution < -0.4 is 20.1 Å². The van der Waals surface area contributed by atoms with E-state index in [1.165, 1.54) is 6.08 Å². The van der Waals surface area contributed by atoms with Gasteiger partial charge in [0.2, 0.25) is 11.8 Å². The highest BCUT2D eigenvalue weighted by atomic mass is 79.9. The Bertz CT molecular complexity index is 925. The summed E-state index contributed by atoms with van der Waals surface area (Å²) in [5.41, 5.74) is 2.39. The van der Waals surface area contributed by atoms with Gasteiger partial charge in [-0.3, -0.25) is 9.59 Å². The normalized spacial score (nSPS) is 10.4. The summed E-state index contributed by atoms with van der Waals surface area (Å²) in [5, 5.41) is 5.33. The minimum Gasteiger partial charge on any atom is -0.493 e. The van der Waals surface area contributed by atoms with Crippen LogP contribution in [0, 0.1) is 6.92 Å². The van der Waals surface area contributed by atoms with E-state index < -0.39 is 0 Å². The Labute approximate surface area is 178 Å². The van der Waals surface area contributed by atoms with Crippen molar-refractivity contribution in [3.05, 3.63) is 70.7 Å². The van der Waals surface area contributed by atoms with Gasteiger partial charge in [-0.2, -0.15) is 0 Å².